The molecule has 10 heteroatoms. The number of halogens is 1. The van der Waals surface area contributed by atoms with Gasteiger partial charge in [0.1, 0.15) is 11.6 Å². The highest BCUT2D eigenvalue weighted by atomic mass is 127. The second kappa shape index (κ2) is 10.9. The van der Waals surface area contributed by atoms with Gasteiger partial charge in [-0.15, -0.1) is 24.0 Å². The van der Waals surface area contributed by atoms with Crippen molar-refractivity contribution in [2.24, 2.45) is 4.99 Å². The van der Waals surface area contributed by atoms with Crippen LogP contribution in [0.15, 0.2) is 52.1 Å². The van der Waals surface area contributed by atoms with Crippen molar-refractivity contribution in [1.29, 1.82) is 0 Å². The highest BCUT2D eigenvalue weighted by Crippen LogP contribution is 2.16. The van der Waals surface area contributed by atoms with Crippen LogP contribution in [0.3, 0.4) is 0 Å². The fourth-order valence-electron chi connectivity index (χ4n) is 3.37. The molecule has 0 saturated heterocycles. The Morgan fingerprint density at radius 1 is 1.13 bits per heavy atom. The molecule has 31 heavy (non-hydrogen) atoms. The van der Waals surface area contributed by atoms with Crippen molar-refractivity contribution in [3.63, 3.8) is 0 Å². The summed E-state index contributed by atoms with van der Waals surface area (Å²) in [7, 11) is 1.77. The third kappa shape index (κ3) is 5.63. The minimum atomic E-state index is 0. The fraction of sp³-hybridized carbons (Fsp3) is 0.333. The van der Waals surface area contributed by atoms with E-state index < -0.39 is 0 Å². The molecule has 0 aliphatic heterocycles. The van der Waals surface area contributed by atoms with Gasteiger partial charge in [-0.2, -0.15) is 5.10 Å². The molecule has 0 radical (unpaired) electrons. The van der Waals surface area contributed by atoms with E-state index in [1.165, 1.54) is 5.52 Å². The van der Waals surface area contributed by atoms with Crippen LogP contribution in [0.1, 0.15) is 18.1 Å². The molecule has 3 aromatic heterocycles. The SMILES string of the molecule is CN=C(NCCCn1c(C)nc2ccccc21)NCCc1nc(-c2ccco2)n[nH]1.I. The Hall–Kier alpha value is -2.89. The minimum absolute atomic E-state index is 0. The predicted octanol–water partition coefficient (Wildman–Crippen LogP) is 3.14. The number of furan rings is 1. The maximum atomic E-state index is 5.31. The first-order chi connectivity index (χ1) is 14.7. The third-order valence-electron chi connectivity index (χ3n) is 4.85. The zero-order chi connectivity index (χ0) is 20.8. The molecule has 164 valence electrons. The molecule has 4 aromatic rings. The number of imidazole rings is 1. The molecule has 0 bridgehead atoms. The first-order valence-corrected chi connectivity index (χ1v) is 10.1. The number of fused-ring (bicyclic) bond motifs is 1. The first kappa shape index (κ1) is 22.8. The number of aromatic nitrogens is 5. The molecule has 1 aromatic carbocycles. The molecule has 0 amide bonds. The number of aromatic amines is 1. The van der Waals surface area contributed by atoms with E-state index in [0.29, 0.717) is 24.6 Å². The number of H-pyrrole nitrogens is 1. The van der Waals surface area contributed by atoms with Crippen LogP contribution in [0.4, 0.5) is 0 Å². The van der Waals surface area contributed by atoms with Gasteiger partial charge in [-0.25, -0.2) is 9.97 Å². The molecule has 3 heterocycles. The Labute approximate surface area is 197 Å². The topological polar surface area (TPSA) is 109 Å². The normalized spacial score (nSPS) is 11.5. The summed E-state index contributed by atoms with van der Waals surface area (Å²) in [6.45, 7) is 4.47. The zero-order valence-corrected chi connectivity index (χ0v) is 20.0. The Kier molecular flexibility index (Phi) is 8.04. The van der Waals surface area contributed by atoms with E-state index in [1.807, 2.05) is 18.2 Å². The second-order valence-electron chi connectivity index (χ2n) is 6.91. The van der Waals surface area contributed by atoms with Crippen molar-refractivity contribution in [2.45, 2.75) is 26.3 Å². The van der Waals surface area contributed by atoms with Gasteiger partial charge in [-0.05, 0) is 37.6 Å². The standard InChI is InChI=1S/C21H26N8O.HI/c1-15-25-16-7-3-4-8-17(16)29(15)13-6-11-23-21(22-2)24-12-10-19-26-20(28-27-19)18-9-5-14-30-18;/h3-5,7-9,14H,6,10-13H2,1-2H3,(H2,22,23,24)(H,26,27,28);1H. The van der Waals surface area contributed by atoms with Gasteiger partial charge in [0, 0.05) is 33.1 Å². The predicted molar refractivity (Wildman–Crippen MR) is 132 cm³/mol. The summed E-state index contributed by atoms with van der Waals surface area (Å²) >= 11 is 0. The third-order valence-corrected chi connectivity index (χ3v) is 4.85. The smallest absolute Gasteiger partial charge is 0.216 e. The average molecular weight is 534 g/mol. The molecule has 0 unspecified atom stereocenters. The van der Waals surface area contributed by atoms with Crippen LogP contribution in [-0.2, 0) is 13.0 Å². The van der Waals surface area contributed by atoms with E-state index in [1.54, 1.807) is 13.3 Å². The van der Waals surface area contributed by atoms with E-state index in [4.69, 9.17) is 4.42 Å². The number of aliphatic imine (C=N–C) groups is 1. The maximum Gasteiger partial charge on any atom is 0.216 e. The van der Waals surface area contributed by atoms with Crippen molar-refractivity contribution >= 4 is 41.0 Å². The van der Waals surface area contributed by atoms with Gasteiger partial charge in [0.2, 0.25) is 5.82 Å². The van der Waals surface area contributed by atoms with Crippen LogP contribution in [-0.4, -0.2) is 50.8 Å². The van der Waals surface area contributed by atoms with Crippen LogP contribution in [0.5, 0.6) is 0 Å². The maximum absolute atomic E-state index is 5.31. The van der Waals surface area contributed by atoms with E-state index in [-0.39, 0.29) is 24.0 Å². The Morgan fingerprint density at radius 2 is 1.97 bits per heavy atom. The first-order valence-electron chi connectivity index (χ1n) is 10.1. The lowest BCUT2D eigenvalue weighted by Gasteiger charge is -2.12. The summed E-state index contributed by atoms with van der Waals surface area (Å²) in [6, 6.07) is 11.9. The Morgan fingerprint density at radius 3 is 2.77 bits per heavy atom. The van der Waals surface area contributed by atoms with Gasteiger partial charge >= 0.3 is 0 Å². The number of hydrogen-bond acceptors (Lipinski definition) is 5. The molecular weight excluding hydrogens is 507 g/mol. The minimum Gasteiger partial charge on any atom is -0.461 e. The summed E-state index contributed by atoms with van der Waals surface area (Å²) in [5.41, 5.74) is 2.22. The summed E-state index contributed by atoms with van der Waals surface area (Å²) < 4.78 is 7.57. The lowest BCUT2D eigenvalue weighted by molar-refractivity contribution is 0.577. The fourth-order valence-corrected chi connectivity index (χ4v) is 3.37. The van der Waals surface area contributed by atoms with Gasteiger partial charge in [-0.3, -0.25) is 10.1 Å². The second-order valence-corrected chi connectivity index (χ2v) is 6.91. The number of hydrogen-bond donors (Lipinski definition) is 3. The molecule has 3 N–H and O–H groups in total. The molecule has 0 aliphatic rings. The number of aryl methyl sites for hydroxylation is 2. The summed E-state index contributed by atoms with van der Waals surface area (Å²) in [5.74, 6) is 3.84. The van der Waals surface area contributed by atoms with Crippen LogP contribution in [0.25, 0.3) is 22.6 Å². The highest BCUT2D eigenvalue weighted by Gasteiger charge is 2.09. The molecule has 0 fully saturated rings. The molecule has 4 rings (SSSR count). The van der Waals surface area contributed by atoms with E-state index >= 15 is 0 Å². The quantitative estimate of drug-likeness (QED) is 0.139. The Bertz CT molecular complexity index is 1120. The Balaban J connectivity index is 0.00000272. The lowest BCUT2D eigenvalue weighted by atomic mass is 10.3. The van der Waals surface area contributed by atoms with Crippen molar-refractivity contribution in [3.05, 3.63) is 54.3 Å². The number of para-hydroxylation sites is 2. The van der Waals surface area contributed by atoms with E-state index in [0.717, 1.165) is 42.6 Å². The largest absolute Gasteiger partial charge is 0.461 e. The summed E-state index contributed by atoms with van der Waals surface area (Å²) in [5, 5.41) is 13.8. The van der Waals surface area contributed by atoms with Crippen LogP contribution in [0, 0.1) is 6.92 Å². The molecule has 0 spiro atoms. The van der Waals surface area contributed by atoms with Crippen molar-refractivity contribution in [3.8, 4) is 11.6 Å². The number of nitrogens with one attached hydrogen (secondary N) is 3. The van der Waals surface area contributed by atoms with Gasteiger partial charge in [-0.1, -0.05) is 12.1 Å². The number of nitrogens with zero attached hydrogens (tertiary/aromatic N) is 5. The van der Waals surface area contributed by atoms with Gasteiger partial charge in [0.05, 0.1) is 17.3 Å². The molecule has 0 saturated carbocycles. The molecular formula is C21H27IN8O. The number of benzene rings is 1. The molecule has 0 aliphatic carbocycles. The monoisotopic (exact) mass is 534 g/mol. The van der Waals surface area contributed by atoms with Crippen molar-refractivity contribution < 1.29 is 4.42 Å². The summed E-state index contributed by atoms with van der Waals surface area (Å²) in [6.07, 6.45) is 3.28. The summed E-state index contributed by atoms with van der Waals surface area (Å²) in [4.78, 5) is 13.3. The number of guanidine groups is 1. The highest BCUT2D eigenvalue weighted by molar-refractivity contribution is 14.0. The number of rotatable bonds is 8. The van der Waals surface area contributed by atoms with E-state index in [9.17, 15) is 0 Å². The molecule has 9 nitrogen and oxygen atoms in total. The van der Waals surface area contributed by atoms with Gasteiger partial charge in [0.25, 0.3) is 0 Å². The molecule has 0 atom stereocenters. The van der Waals surface area contributed by atoms with Crippen LogP contribution in [0.2, 0.25) is 0 Å². The van der Waals surface area contributed by atoms with Crippen LogP contribution < -0.4 is 10.6 Å². The van der Waals surface area contributed by atoms with Gasteiger partial charge < -0.3 is 19.6 Å². The zero-order valence-electron chi connectivity index (χ0n) is 17.6. The van der Waals surface area contributed by atoms with Crippen LogP contribution >= 0.6 is 24.0 Å². The van der Waals surface area contributed by atoms with Gasteiger partial charge in [0.15, 0.2) is 11.7 Å². The van der Waals surface area contributed by atoms with E-state index in [2.05, 4.69) is 65.5 Å². The van der Waals surface area contributed by atoms with Crippen molar-refractivity contribution in [1.82, 2.24) is 35.4 Å². The average Bonchev–Trinajstić information content (AvgIpc) is 3.50. The lowest BCUT2D eigenvalue weighted by Crippen LogP contribution is -2.39. The van der Waals surface area contributed by atoms with Crippen molar-refractivity contribution in [2.75, 3.05) is 20.1 Å².